The second-order valence-electron chi connectivity index (χ2n) is 11.9. The number of rotatable bonds is 6. The molecule has 0 unspecified atom stereocenters. The number of aromatic nitrogens is 3. The third-order valence-electron chi connectivity index (χ3n) is 8.12. The maximum atomic E-state index is 13.4. The molecule has 1 aromatic heterocycles. The van der Waals surface area contributed by atoms with Crippen molar-refractivity contribution in [2.24, 2.45) is 10.8 Å². The number of carbonyl (C=O) groups is 1. The van der Waals surface area contributed by atoms with Crippen LogP contribution in [0.4, 0.5) is 0 Å². The van der Waals surface area contributed by atoms with E-state index >= 15 is 0 Å². The molecule has 2 aliphatic heterocycles. The largest absolute Gasteiger partial charge is 0.338 e. The topological polar surface area (TPSA) is 54.3 Å². The highest BCUT2D eigenvalue weighted by atomic mass is 35.5. The molecule has 190 valence electrons. The molecule has 1 aliphatic carbocycles. The lowest BCUT2D eigenvalue weighted by molar-refractivity contribution is -0.129. The van der Waals surface area contributed by atoms with E-state index in [1.54, 1.807) is 0 Å². The molecule has 3 heterocycles. The summed E-state index contributed by atoms with van der Waals surface area (Å²) in [6, 6.07) is 8.34. The van der Waals surface area contributed by atoms with E-state index in [1.165, 1.54) is 37.4 Å². The molecule has 1 amide bonds. The maximum absolute atomic E-state index is 13.4. The first-order chi connectivity index (χ1) is 16.6. The van der Waals surface area contributed by atoms with E-state index in [1.807, 2.05) is 24.3 Å². The molecule has 8 heteroatoms. The Hall–Kier alpha value is -1.57. The van der Waals surface area contributed by atoms with Crippen molar-refractivity contribution in [1.29, 1.82) is 0 Å². The summed E-state index contributed by atoms with van der Waals surface area (Å²) in [7, 11) is 0. The number of halogens is 1. The quantitative estimate of drug-likeness (QED) is 0.442. The number of fused-ring (bicyclic) bond motifs is 2. The van der Waals surface area contributed by atoms with E-state index in [4.69, 9.17) is 11.6 Å². The fraction of sp³-hybridized carbons (Fsp3) is 0.667. The van der Waals surface area contributed by atoms with Crippen LogP contribution in [0.2, 0.25) is 5.02 Å². The van der Waals surface area contributed by atoms with Gasteiger partial charge in [-0.05, 0) is 87.2 Å². The Balaban J connectivity index is 1.36. The zero-order valence-corrected chi connectivity index (χ0v) is 23.0. The Morgan fingerprint density at radius 2 is 1.83 bits per heavy atom. The lowest BCUT2D eigenvalue weighted by Crippen LogP contribution is -2.38. The van der Waals surface area contributed by atoms with Crippen molar-refractivity contribution in [3.63, 3.8) is 0 Å². The van der Waals surface area contributed by atoms with Gasteiger partial charge in [-0.25, -0.2) is 0 Å². The lowest BCUT2D eigenvalue weighted by atomic mass is 9.65. The highest BCUT2D eigenvalue weighted by molar-refractivity contribution is 7.99. The van der Waals surface area contributed by atoms with Gasteiger partial charge in [0, 0.05) is 23.3 Å². The van der Waals surface area contributed by atoms with E-state index in [2.05, 4.69) is 52.3 Å². The summed E-state index contributed by atoms with van der Waals surface area (Å²) in [6.45, 7) is 12.3. The summed E-state index contributed by atoms with van der Waals surface area (Å²) in [6.07, 6.45) is 7.16. The van der Waals surface area contributed by atoms with Gasteiger partial charge in [0.1, 0.15) is 0 Å². The first-order valence-electron chi connectivity index (χ1n) is 13.0. The van der Waals surface area contributed by atoms with E-state index in [-0.39, 0.29) is 17.4 Å². The third-order valence-corrected chi connectivity index (χ3v) is 9.28. The number of carbonyl (C=O) groups excluding carboxylic acids is 1. The lowest BCUT2D eigenvalue weighted by Gasteiger charge is -2.39. The van der Waals surface area contributed by atoms with Gasteiger partial charge in [0.25, 0.3) is 0 Å². The second-order valence-corrected chi connectivity index (χ2v) is 13.3. The third kappa shape index (κ3) is 5.28. The number of hydrogen-bond acceptors (Lipinski definition) is 5. The minimum absolute atomic E-state index is 0.156. The second kappa shape index (κ2) is 9.71. The number of nitrogens with zero attached hydrogens (tertiary/aromatic N) is 5. The van der Waals surface area contributed by atoms with Crippen LogP contribution in [0.25, 0.3) is 5.69 Å². The molecule has 1 saturated carbocycles. The average molecular weight is 516 g/mol. The Kier molecular flexibility index (Phi) is 6.96. The van der Waals surface area contributed by atoms with Crippen LogP contribution in [0.5, 0.6) is 0 Å². The summed E-state index contributed by atoms with van der Waals surface area (Å²) in [5.41, 5.74) is 1.53. The molecule has 3 aliphatic rings. The van der Waals surface area contributed by atoms with Crippen molar-refractivity contribution in [3.8, 4) is 5.69 Å². The first-order valence-corrected chi connectivity index (χ1v) is 14.4. The molecule has 6 nitrogen and oxygen atoms in total. The van der Waals surface area contributed by atoms with E-state index in [0.29, 0.717) is 22.2 Å². The molecule has 3 fully saturated rings. The van der Waals surface area contributed by atoms with Crippen LogP contribution in [-0.2, 0) is 4.79 Å². The van der Waals surface area contributed by atoms with Crippen molar-refractivity contribution in [2.45, 2.75) is 83.5 Å². The SMILES string of the molecule is C[C@H](c1nnc(SCC(=O)N2C[C@]3(C)C[C@H]2CC(C)(C)C3)n1-c1ccc(Cl)cc1)N1CCCCC1. The number of amides is 1. The summed E-state index contributed by atoms with van der Waals surface area (Å²) >= 11 is 7.69. The molecule has 0 radical (unpaired) electrons. The summed E-state index contributed by atoms with van der Waals surface area (Å²) in [5.74, 6) is 1.53. The van der Waals surface area contributed by atoms with Crippen LogP contribution in [0.3, 0.4) is 0 Å². The van der Waals surface area contributed by atoms with Crippen molar-refractivity contribution >= 4 is 29.3 Å². The number of likely N-dealkylation sites (tertiary alicyclic amines) is 2. The van der Waals surface area contributed by atoms with Crippen LogP contribution in [0.1, 0.15) is 78.1 Å². The molecule has 0 spiro atoms. The number of piperidine rings is 1. The zero-order valence-electron chi connectivity index (χ0n) is 21.5. The molecule has 2 aromatic rings. The van der Waals surface area contributed by atoms with Crippen LogP contribution in [-0.4, -0.2) is 61.9 Å². The molecule has 5 rings (SSSR count). The van der Waals surface area contributed by atoms with Gasteiger partial charge in [-0.2, -0.15) is 0 Å². The molecule has 2 saturated heterocycles. The number of thioether (sulfide) groups is 1. The number of hydrogen-bond donors (Lipinski definition) is 0. The molecule has 1 aromatic carbocycles. The normalized spacial score (nSPS) is 27.2. The van der Waals surface area contributed by atoms with Crippen LogP contribution < -0.4 is 0 Å². The Morgan fingerprint density at radius 1 is 1.11 bits per heavy atom. The van der Waals surface area contributed by atoms with E-state index in [0.717, 1.165) is 49.1 Å². The van der Waals surface area contributed by atoms with Crippen LogP contribution in [0.15, 0.2) is 29.4 Å². The summed E-state index contributed by atoms with van der Waals surface area (Å²) < 4.78 is 2.13. The zero-order chi connectivity index (χ0) is 24.8. The van der Waals surface area contributed by atoms with Gasteiger partial charge in [0.15, 0.2) is 11.0 Å². The van der Waals surface area contributed by atoms with Gasteiger partial charge in [-0.3, -0.25) is 14.3 Å². The molecule has 0 N–H and O–H groups in total. The van der Waals surface area contributed by atoms with Crippen molar-refractivity contribution in [3.05, 3.63) is 35.1 Å². The van der Waals surface area contributed by atoms with Gasteiger partial charge in [-0.1, -0.05) is 50.6 Å². The highest BCUT2D eigenvalue weighted by Crippen LogP contribution is 2.52. The van der Waals surface area contributed by atoms with Gasteiger partial charge in [0.05, 0.1) is 11.8 Å². The number of benzene rings is 1. The van der Waals surface area contributed by atoms with Crippen LogP contribution >= 0.6 is 23.4 Å². The monoisotopic (exact) mass is 515 g/mol. The molecule has 35 heavy (non-hydrogen) atoms. The minimum Gasteiger partial charge on any atom is -0.338 e. The van der Waals surface area contributed by atoms with Crippen molar-refractivity contribution < 1.29 is 4.79 Å². The van der Waals surface area contributed by atoms with Gasteiger partial charge >= 0.3 is 0 Å². The first kappa shape index (κ1) is 25.1. The average Bonchev–Trinajstić information content (AvgIpc) is 3.35. The molecule has 3 atom stereocenters. The van der Waals surface area contributed by atoms with Gasteiger partial charge in [0.2, 0.25) is 5.91 Å². The predicted molar refractivity (Wildman–Crippen MR) is 142 cm³/mol. The summed E-state index contributed by atoms with van der Waals surface area (Å²) in [4.78, 5) is 18.1. The summed E-state index contributed by atoms with van der Waals surface area (Å²) in [5, 5.41) is 10.7. The van der Waals surface area contributed by atoms with Crippen molar-refractivity contribution in [2.75, 3.05) is 25.4 Å². The smallest absolute Gasteiger partial charge is 0.233 e. The minimum atomic E-state index is 0.156. The van der Waals surface area contributed by atoms with E-state index in [9.17, 15) is 4.79 Å². The molecule has 2 bridgehead atoms. The van der Waals surface area contributed by atoms with Crippen molar-refractivity contribution in [1.82, 2.24) is 24.6 Å². The standard InChI is InChI=1S/C27H38ClN5OS/c1-19(31-12-6-5-7-13-31)24-29-30-25(33(24)21-10-8-20(28)9-11-21)35-16-23(34)32-18-27(4)15-22(32)14-26(2,3)17-27/h8-11,19,22H,5-7,12-18H2,1-4H3/t19-,22-,27-/m1/s1. The predicted octanol–water partition coefficient (Wildman–Crippen LogP) is 5.99. The highest BCUT2D eigenvalue weighted by Gasteiger charge is 2.50. The van der Waals surface area contributed by atoms with Gasteiger partial charge < -0.3 is 4.90 Å². The Morgan fingerprint density at radius 3 is 2.54 bits per heavy atom. The Bertz CT molecular complexity index is 1060. The molecular formula is C27H38ClN5OS. The van der Waals surface area contributed by atoms with E-state index < -0.39 is 0 Å². The molecular weight excluding hydrogens is 478 g/mol. The Labute approximate surface area is 218 Å². The maximum Gasteiger partial charge on any atom is 0.233 e. The fourth-order valence-electron chi connectivity index (χ4n) is 6.91. The fourth-order valence-corrected chi connectivity index (χ4v) is 7.88. The van der Waals surface area contributed by atoms with Crippen LogP contribution in [0, 0.1) is 10.8 Å². The van der Waals surface area contributed by atoms with Gasteiger partial charge in [-0.15, -0.1) is 10.2 Å².